The zero-order chi connectivity index (χ0) is 7.03. The van der Waals surface area contributed by atoms with Crippen molar-refractivity contribution in [3.63, 3.8) is 0 Å². The van der Waals surface area contributed by atoms with Gasteiger partial charge in [0.15, 0.2) is 0 Å². The van der Waals surface area contributed by atoms with Crippen LogP contribution in [0.4, 0.5) is 0 Å². The van der Waals surface area contributed by atoms with E-state index < -0.39 is 0 Å². The molecular formula is C8H15NS. The molecule has 0 radical (unpaired) electrons. The number of hydrogen-bond acceptors (Lipinski definition) is 2. The first-order chi connectivity index (χ1) is 4.81. The molecule has 2 rings (SSSR count). The third kappa shape index (κ3) is 1.08. The lowest BCUT2D eigenvalue weighted by molar-refractivity contribution is 0.151. The van der Waals surface area contributed by atoms with E-state index in [2.05, 4.69) is 23.7 Å². The third-order valence-corrected chi connectivity index (χ3v) is 4.12. The average Bonchev–Trinajstić information content (AvgIpc) is 1.87. The molecule has 2 aliphatic rings. The minimum Gasteiger partial charge on any atom is -0.304 e. The first-order valence-electron chi connectivity index (χ1n) is 4.13. The van der Waals surface area contributed by atoms with Crippen molar-refractivity contribution in [2.24, 2.45) is 0 Å². The molecule has 0 bridgehead atoms. The Labute approximate surface area is 67.2 Å². The molecule has 1 nitrogen and oxygen atoms in total. The Balaban J connectivity index is 1.90. The van der Waals surface area contributed by atoms with Crippen molar-refractivity contribution in [1.29, 1.82) is 0 Å². The van der Waals surface area contributed by atoms with E-state index in [-0.39, 0.29) is 0 Å². The van der Waals surface area contributed by atoms with Crippen LogP contribution in [0.25, 0.3) is 0 Å². The van der Waals surface area contributed by atoms with Crippen LogP contribution in [-0.2, 0) is 0 Å². The van der Waals surface area contributed by atoms with E-state index in [0.29, 0.717) is 4.75 Å². The number of thioether (sulfide) groups is 1. The predicted octanol–water partition coefficient (Wildman–Crippen LogP) is 1.59. The molecule has 10 heavy (non-hydrogen) atoms. The second-order valence-corrected chi connectivity index (χ2v) is 5.22. The average molecular weight is 157 g/mol. The first kappa shape index (κ1) is 6.99. The van der Waals surface area contributed by atoms with Crippen LogP contribution in [0.3, 0.4) is 0 Å². The Hall–Kier alpha value is 0.310. The van der Waals surface area contributed by atoms with Crippen molar-refractivity contribution in [3.8, 4) is 0 Å². The predicted molar refractivity (Wildman–Crippen MR) is 46.5 cm³/mol. The van der Waals surface area contributed by atoms with Crippen LogP contribution >= 0.6 is 11.8 Å². The summed E-state index contributed by atoms with van der Waals surface area (Å²) in [5.74, 6) is 1.41. The Bertz CT molecular complexity index is 114. The van der Waals surface area contributed by atoms with Gasteiger partial charge in [0.25, 0.3) is 0 Å². The molecule has 0 aromatic carbocycles. The quantitative estimate of drug-likeness (QED) is 0.525. The summed E-state index contributed by atoms with van der Waals surface area (Å²) in [7, 11) is 2.22. The maximum Gasteiger partial charge on any atom is 0.0413 e. The second-order valence-electron chi connectivity index (χ2n) is 3.66. The van der Waals surface area contributed by atoms with Gasteiger partial charge in [-0.15, -0.1) is 0 Å². The van der Waals surface area contributed by atoms with Gasteiger partial charge in [-0.2, -0.15) is 11.8 Å². The molecule has 2 heteroatoms. The molecular weight excluding hydrogens is 142 g/mol. The molecule has 0 unspecified atom stereocenters. The third-order valence-electron chi connectivity index (χ3n) is 2.55. The van der Waals surface area contributed by atoms with Crippen molar-refractivity contribution in [2.45, 2.75) is 24.0 Å². The lowest BCUT2D eigenvalue weighted by Crippen LogP contribution is -2.58. The zero-order valence-electron chi connectivity index (χ0n) is 6.60. The van der Waals surface area contributed by atoms with Gasteiger partial charge in [-0.25, -0.2) is 0 Å². The van der Waals surface area contributed by atoms with E-state index >= 15 is 0 Å². The van der Waals surface area contributed by atoms with E-state index in [1.54, 1.807) is 0 Å². The van der Waals surface area contributed by atoms with Gasteiger partial charge in [-0.3, -0.25) is 0 Å². The zero-order valence-corrected chi connectivity index (χ0v) is 7.41. The maximum absolute atomic E-state index is 2.43. The number of rotatable bonds is 0. The largest absolute Gasteiger partial charge is 0.304 e. The highest BCUT2D eigenvalue weighted by Crippen LogP contribution is 2.42. The molecule has 58 valence electrons. The van der Waals surface area contributed by atoms with Gasteiger partial charge in [0, 0.05) is 17.8 Å². The Kier molecular flexibility index (Phi) is 1.69. The molecule has 0 saturated carbocycles. The summed E-state index contributed by atoms with van der Waals surface area (Å²) in [4.78, 5) is 2.43. The topological polar surface area (TPSA) is 3.24 Å². The van der Waals surface area contributed by atoms with E-state index in [1.807, 2.05) is 0 Å². The van der Waals surface area contributed by atoms with E-state index in [4.69, 9.17) is 0 Å². The summed E-state index contributed by atoms with van der Waals surface area (Å²) in [5, 5.41) is 0. The standard InChI is InChI=1S/C8H15NS/c1-9-6-8(7-9)4-2-3-5-10-8/h2-7H2,1H3. The summed E-state index contributed by atoms with van der Waals surface area (Å²) in [5.41, 5.74) is 0. The SMILES string of the molecule is CN1CC2(CCCCS2)C1. The van der Waals surface area contributed by atoms with Crippen LogP contribution in [0.1, 0.15) is 19.3 Å². The molecule has 2 fully saturated rings. The van der Waals surface area contributed by atoms with Crippen LogP contribution in [0.5, 0.6) is 0 Å². The van der Waals surface area contributed by atoms with Crippen molar-refractivity contribution in [3.05, 3.63) is 0 Å². The summed E-state index contributed by atoms with van der Waals surface area (Å²) in [6.07, 6.45) is 4.40. The highest BCUT2D eigenvalue weighted by Gasteiger charge is 2.42. The number of nitrogens with zero attached hydrogens (tertiary/aromatic N) is 1. The lowest BCUT2D eigenvalue weighted by atomic mass is 9.93. The Morgan fingerprint density at radius 3 is 2.60 bits per heavy atom. The molecule has 0 aliphatic carbocycles. The van der Waals surface area contributed by atoms with Crippen molar-refractivity contribution in [2.75, 3.05) is 25.9 Å². The first-order valence-corrected chi connectivity index (χ1v) is 5.12. The van der Waals surface area contributed by atoms with Crippen molar-refractivity contribution >= 4 is 11.8 Å². The van der Waals surface area contributed by atoms with E-state index in [9.17, 15) is 0 Å². The Morgan fingerprint density at radius 1 is 1.30 bits per heavy atom. The molecule has 0 amide bonds. The van der Waals surface area contributed by atoms with Crippen LogP contribution in [0.2, 0.25) is 0 Å². The van der Waals surface area contributed by atoms with Gasteiger partial charge in [0.2, 0.25) is 0 Å². The highest BCUT2D eigenvalue weighted by atomic mass is 32.2. The summed E-state index contributed by atoms with van der Waals surface area (Å²) >= 11 is 2.21. The monoisotopic (exact) mass is 157 g/mol. The van der Waals surface area contributed by atoms with Crippen LogP contribution < -0.4 is 0 Å². The molecule has 0 atom stereocenters. The van der Waals surface area contributed by atoms with Crippen LogP contribution in [0, 0.1) is 0 Å². The van der Waals surface area contributed by atoms with E-state index in [1.165, 1.54) is 38.1 Å². The molecule has 0 N–H and O–H groups in total. The molecule has 0 aromatic rings. The van der Waals surface area contributed by atoms with Crippen molar-refractivity contribution in [1.82, 2.24) is 4.90 Å². The lowest BCUT2D eigenvalue weighted by Gasteiger charge is -2.50. The van der Waals surface area contributed by atoms with Crippen LogP contribution in [-0.4, -0.2) is 35.5 Å². The number of likely N-dealkylation sites (tertiary alicyclic amines) is 1. The van der Waals surface area contributed by atoms with Crippen LogP contribution in [0.15, 0.2) is 0 Å². The summed E-state index contributed by atoms with van der Waals surface area (Å²) in [6.45, 7) is 2.69. The van der Waals surface area contributed by atoms with Gasteiger partial charge in [-0.1, -0.05) is 6.42 Å². The second kappa shape index (κ2) is 2.42. The van der Waals surface area contributed by atoms with Gasteiger partial charge in [0.05, 0.1) is 0 Å². The van der Waals surface area contributed by atoms with E-state index in [0.717, 1.165) is 0 Å². The minimum absolute atomic E-state index is 0.715. The highest BCUT2D eigenvalue weighted by molar-refractivity contribution is 8.00. The normalized spacial score (nSPS) is 32.1. The Morgan fingerprint density at radius 2 is 2.10 bits per heavy atom. The van der Waals surface area contributed by atoms with Gasteiger partial charge in [0.1, 0.15) is 0 Å². The minimum atomic E-state index is 0.715. The smallest absolute Gasteiger partial charge is 0.0413 e. The summed E-state index contributed by atoms with van der Waals surface area (Å²) < 4.78 is 0.715. The maximum atomic E-state index is 2.43. The molecule has 2 aliphatic heterocycles. The fraction of sp³-hybridized carbons (Fsp3) is 1.00. The van der Waals surface area contributed by atoms with Gasteiger partial charge in [-0.05, 0) is 25.6 Å². The van der Waals surface area contributed by atoms with Crippen molar-refractivity contribution < 1.29 is 0 Å². The molecule has 0 aromatic heterocycles. The fourth-order valence-corrected chi connectivity index (χ4v) is 3.79. The fourth-order valence-electron chi connectivity index (χ4n) is 2.10. The molecule has 2 heterocycles. The molecule has 1 spiro atoms. The van der Waals surface area contributed by atoms with Gasteiger partial charge >= 0.3 is 0 Å². The number of hydrogen-bond donors (Lipinski definition) is 0. The summed E-state index contributed by atoms with van der Waals surface area (Å²) in [6, 6.07) is 0. The molecule has 2 saturated heterocycles. The van der Waals surface area contributed by atoms with Gasteiger partial charge < -0.3 is 4.90 Å².